The number of anilines is 1. The van der Waals surface area contributed by atoms with Gasteiger partial charge in [0.2, 0.25) is 11.8 Å². The summed E-state index contributed by atoms with van der Waals surface area (Å²) in [5.74, 6) is -3.44. The van der Waals surface area contributed by atoms with Crippen molar-refractivity contribution in [3.8, 4) is 0 Å². The van der Waals surface area contributed by atoms with E-state index >= 15 is 0 Å². The number of para-hydroxylation sites is 1. The molecule has 4 unspecified atom stereocenters. The number of Topliss-reactive ketones (excluding diaryl/α,β-unsaturated/α-hetero) is 1. The van der Waals surface area contributed by atoms with Gasteiger partial charge in [-0.25, -0.2) is 4.90 Å². The van der Waals surface area contributed by atoms with Gasteiger partial charge in [-0.2, -0.15) is 13.2 Å². The molecule has 5 rings (SSSR count). The van der Waals surface area contributed by atoms with Gasteiger partial charge in [0.15, 0.2) is 5.78 Å². The van der Waals surface area contributed by atoms with Gasteiger partial charge in [-0.15, -0.1) is 0 Å². The number of nitrogens with zero attached hydrogens (tertiary/aromatic N) is 2. The van der Waals surface area contributed by atoms with Crippen molar-refractivity contribution in [2.45, 2.75) is 31.1 Å². The van der Waals surface area contributed by atoms with Crippen molar-refractivity contribution in [1.82, 2.24) is 4.90 Å². The molecule has 2 aromatic carbocycles. The van der Waals surface area contributed by atoms with Crippen molar-refractivity contribution in [1.29, 1.82) is 0 Å². The number of benzene rings is 2. The lowest BCUT2D eigenvalue weighted by molar-refractivity contribution is -0.137. The number of hydrogen-bond acceptors (Lipinski definition) is 4. The van der Waals surface area contributed by atoms with Gasteiger partial charge < -0.3 is 0 Å². The fraction of sp³-hybridized carbons (Fsp3) is 0.348. The van der Waals surface area contributed by atoms with Crippen molar-refractivity contribution < 1.29 is 27.6 Å². The predicted molar refractivity (Wildman–Crippen MR) is 105 cm³/mol. The normalized spacial score (nSPS) is 28.2. The molecule has 2 amide bonds. The van der Waals surface area contributed by atoms with E-state index in [-0.39, 0.29) is 11.8 Å². The van der Waals surface area contributed by atoms with Crippen LogP contribution >= 0.6 is 0 Å². The van der Waals surface area contributed by atoms with Gasteiger partial charge in [0.1, 0.15) is 0 Å². The molecule has 3 saturated heterocycles. The summed E-state index contributed by atoms with van der Waals surface area (Å²) in [5.41, 5.74) is -1.08. The predicted octanol–water partition coefficient (Wildman–Crippen LogP) is 3.54. The Labute approximate surface area is 176 Å². The Bertz CT molecular complexity index is 1070. The highest BCUT2D eigenvalue weighted by Gasteiger charge is 2.65. The van der Waals surface area contributed by atoms with Gasteiger partial charge in [0.05, 0.1) is 29.1 Å². The van der Waals surface area contributed by atoms with E-state index in [2.05, 4.69) is 0 Å². The number of alkyl halides is 3. The van der Waals surface area contributed by atoms with Gasteiger partial charge in [-0.3, -0.25) is 19.3 Å². The standard InChI is InChI=1S/C23H19F3N2O3/c24-23(25,26)14-9-4-5-10-15(14)28-21(30)17-16-11-6-12-27(16)19(18(17)22(28)31)20(29)13-7-2-1-3-8-13/h1-5,7-10,16-19H,6,11-12H2. The van der Waals surface area contributed by atoms with E-state index in [0.717, 1.165) is 18.6 Å². The molecular weight excluding hydrogens is 409 g/mol. The zero-order valence-electron chi connectivity index (χ0n) is 16.4. The van der Waals surface area contributed by atoms with E-state index in [0.29, 0.717) is 23.4 Å². The lowest BCUT2D eigenvalue weighted by Gasteiger charge is -2.28. The van der Waals surface area contributed by atoms with E-state index in [1.165, 1.54) is 12.1 Å². The van der Waals surface area contributed by atoms with Crippen molar-refractivity contribution in [2.75, 3.05) is 11.4 Å². The molecule has 5 nitrogen and oxygen atoms in total. The first kappa shape index (κ1) is 19.9. The van der Waals surface area contributed by atoms with Crippen molar-refractivity contribution in [2.24, 2.45) is 11.8 Å². The maximum atomic E-state index is 13.6. The number of carbonyl (C=O) groups is 3. The largest absolute Gasteiger partial charge is 0.418 e. The molecule has 0 spiro atoms. The Kier molecular flexibility index (Phi) is 4.51. The Balaban J connectivity index is 1.58. The summed E-state index contributed by atoms with van der Waals surface area (Å²) in [4.78, 5) is 42.7. The fourth-order valence-corrected chi connectivity index (χ4v) is 5.43. The molecule has 2 aromatic rings. The van der Waals surface area contributed by atoms with E-state index in [1.807, 2.05) is 4.90 Å². The summed E-state index contributed by atoms with van der Waals surface area (Å²) < 4.78 is 40.7. The molecule has 0 saturated carbocycles. The zero-order chi connectivity index (χ0) is 21.9. The second-order valence-corrected chi connectivity index (χ2v) is 8.20. The van der Waals surface area contributed by atoms with Crippen LogP contribution in [-0.4, -0.2) is 41.1 Å². The molecule has 0 bridgehead atoms. The number of ketones is 1. The third kappa shape index (κ3) is 2.92. The molecule has 31 heavy (non-hydrogen) atoms. The summed E-state index contributed by atoms with van der Waals surface area (Å²) in [7, 11) is 0. The summed E-state index contributed by atoms with van der Waals surface area (Å²) in [6.07, 6.45) is -3.31. The Morgan fingerprint density at radius 3 is 2.26 bits per heavy atom. The maximum absolute atomic E-state index is 13.6. The number of halogens is 3. The molecule has 160 valence electrons. The monoisotopic (exact) mass is 428 g/mol. The first-order chi connectivity index (χ1) is 14.8. The van der Waals surface area contributed by atoms with Crippen LogP contribution in [0.15, 0.2) is 54.6 Å². The van der Waals surface area contributed by atoms with E-state index in [1.54, 1.807) is 30.3 Å². The highest BCUT2D eigenvalue weighted by atomic mass is 19.4. The van der Waals surface area contributed by atoms with Crippen LogP contribution in [0.25, 0.3) is 0 Å². The zero-order valence-corrected chi connectivity index (χ0v) is 16.4. The van der Waals surface area contributed by atoms with E-state index in [4.69, 9.17) is 0 Å². The highest BCUT2D eigenvalue weighted by Crippen LogP contribution is 2.49. The van der Waals surface area contributed by atoms with Gasteiger partial charge in [-0.1, -0.05) is 42.5 Å². The SMILES string of the molecule is O=C(c1ccccc1)C1C2C(=O)N(c3ccccc3C(F)(F)F)C(=O)C2C2CCCN21. The molecule has 3 aliphatic heterocycles. The van der Waals surface area contributed by atoms with Crippen LogP contribution in [0.5, 0.6) is 0 Å². The first-order valence-electron chi connectivity index (χ1n) is 10.2. The summed E-state index contributed by atoms with van der Waals surface area (Å²) in [5, 5.41) is 0. The number of carbonyl (C=O) groups excluding carboxylic acids is 3. The van der Waals surface area contributed by atoms with Gasteiger partial charge >= 0.3 is 6.18 Å². The summed E-state index contributed by atoms with van der Waals surface area (Å²) in [6, 6.07) is 11.9. The first-order valence-corrected chi connectivity index (χ1v) is 10.2. The molecule has 3 heterocycles. The Morgan fingerprint density at radius 2 is 1.55 bits per heavy atom. The molecule has 0 radical (unpaired) electrons. The second kappa shape index (κ2) is 7.02. The molecule has 0 aliphatic carbocycles. The average molecular weight is 428 g/mol. The number of hydrogen-bond donors (Lipinski definition) is 0. The molecule has 3 aliphatic rings. The van der Waals surface area contributed by atoms with Crippen LogP contribution in [0, 0.1) is 11.8 Å². The number of rotatable bonds is 3. The highest BCUT2D eigenvalue weighted by molar-refractivity contribution is 6.25. The van der Waals surface area contributed by atoms with Gasteiger partial charge in [0, 0.05) is 11.6 Å². The van der Waals surface area contributed by atoms with E-state index in [9.17, 15) is 27.6 Å². The minimum Gasteiger partial charge on any atom is -0.292 e. The van der Waals surface area contributed by atoms with Gasteiger partial charge in [-0.05, 0) is 31.5 Å². The summed E-state index contributed by atoms with van der Waals surface area (Å²) >= 11 is 0. The molecule has 0 N–H and O–H groups in total. The van der Waals surface area contributed by atoms with Gasteiger partial charge in [0.25, 0.3) is 0 Å². The number of fused-ring (bicyclic) bond motifs is 3. The van der Waals surface area contributed by atoms with E-state index < -0.39 is 47.1 Å². The Hall–Kier alpha value is -3.00. The van der Waals surface area contributed by atoms with Crippen LogP contribution in [0.4, 0.5) is 18.9 Å². The van der Waals surface area contributed by atoms with Crippen LogP contribution in [-0.2, 0) is 15.8 Å². The lowest BCUT2D eigenvalue weighted by Crippen LogP contribution is -2.46. The van der Waals surface area contributed by atoms with Crippen molar-refractivity contribution in [3.05, 3.63) is 65.7 Å². The fourth-order valence-electron chi connectivity index (χ4n) is 5.43. The van der Waals surface area contributed by atoms with Crippen LogP contribution in [0.3, 0.4) is 0 Å². The van der Waals surface area contributed by atoms with Crippen LogP contribution < -0.4 is 4.90 Å². The topological polar surface area (TPSA) is 57.7 Å². The maximum Gasteiger partial charge on any atom is 0.418 e. The molecule has 0 aromatic heterocycles. The minimum atomic E-state index is -4.71. The summed E-state index contributed by atoms with van der Waals surface area (Å²) in [6.45, 7) is 0.584. The average Bonchev–Trinajstić information content (AvgIpc) is 3.39. The Morgan fingerprint density at radius 1 is 0.903 bits per heavy atom. The quantitative estimate of drug-likeness (QED) is 0.554. The van der Waals surface area contributed by atoms with Crippen LogP contribution in [0.2, 0.25) is 0 Å². The number of amides is 2. The smallest absolute Gasteiger partial charge is 0.292 e. The molecule has 4 atom stereocenters. The lowest BCUT2D eigenvalue weighted by atomic mass is 9.85. The molecular formula is C23H19F3N2O3. The second-order valence-electron chi connectivity index (χ2n) is 8.20. The third-order valence-corrected chi connectivity index (χ3v) is 6.63. The molecule has 3 fully saturated rings. The van der Waals surface area contributed by atoms with Crippen LogP contribution in [0.1, 0.15) is 28.8 Å². The minimum absolute atomic E-state index is 0.271. The number of imide groups is 1. The van der Waals surface area contributed by atoms with Crippen molar-refractivity contribution >= 4 is 23.3 Å². The third-order valence-electron chi connectivity index (χ3n) is 6.63. The van der Waals surface area contributed by atoms with Crippen molar-refractivity contribution in [3.63, 3.8) is 0 Å². The molecule has 8 heteroatoms.